The number of carbonyl (C=O) groups excluding carboxylic acids is 1. The van der Waals surface area contributed by atoms with Crippen LogP contribution in [0.1, 0.15) is 34.8 Å². The number of nitrogens with zero attached hydrogens (tertiary/aromatic N) is 2. The molecule has 0 aliphatic heterocycles. The first-order chi connectivity index (χ1) is 9.00. The van der Waals surface area contributed by atoms with Gasteiger partial charge in [0, 0.05) is 5.69 Å². The normalized spacial score (nSPS) is 14.1. The molecule has 0 unspecified atom stereocenters. The Balaban J connectivity index is 2.22. The SMILES string of the molecule is Cc1cc(C)n(C(=O)[C@@H](C)[C@@H](O)c2ccccc2)n1. The van der Waals surface area contributed by atoms with Gasteiger partial charge in [0.25, 0.3) is 5.91 Å². The van der Waals surface area contributed by atoms with Gasteiger partial charge in [0.15, 0.2) is 0 Å². The first kappa shape index (κ1) is 13.5. The summed E-state index contributed by atoms with van der Waals surface area (Å²) < 4.78 is 1.37. The van der Waals surface area contributed by atoms with Gasteiger partial charge in [-0.25, -0.2) is 4.68 Å². The third-order valence-corrected chi connectivity index (χ3v) is 3.22. The molecule has 0 saturated carbocycles. The number of aryl methyl sites for hydroxylation is 2. The largest absolute Gasteiger partial charge is 0.388 e. The molecule has 2 atom stereocenters. The van der Waals surface area contributed by atoms with E-state index in [0.29, 0.717) is 0 Å². The molecule has 2 aromatic rings. The van der Waals surface area contributed by atoms with Crippen molar-refractivity contribution in [3.63, 3.8) is 0 Å². The van der Waals surface area contributed by atoms with Crippen molar-refractivity contribution in [1.82, 2.24) is 9.78 Å². The minimum atomic E-state index is -0.822. The Hall–Kier alpha value is -1.94. The maximum Gasteiger partial charge on any atom is 0.252 e. The third-order valence-electron chi connectivity index (χ3n) is 3.22. The summed E-state index contributed by atoms with van der Waals surface area (Å²) in [4.78, 5) is 12.3. The number of carbonyl (C=O) groups is 1. The first-order valence-corrected chi connectivity index (χ1v) is 6.31. The minimum absolute atomic E-state index is 0.193. The van der Waals surface area contributed by atoms with Gasteiger partial charge in [-0.15, -0.1) is 0 Å². The maximum atomic E-state index is 12.3. The second kappa shape index (κ2) is 5.36. The molecule has 0 saturated heterocycles. The molecule has 4 heteroatoms. The van der Waals surface area contributed by atoms with E-state index in [1.807, 2.05) is 50.2 Å². The van der Waals surface area contributed by atoms with E-state index in [9.17, 15) is 9.90 Å². The highest BCUT2D eigenvalue weighted by atomic mass is 16.3. The van der Waals surface area contributed by atoms with Gasteiger partial charge in [-0.05, 0) is 25.5 Å². The fourth-order valence-electron chi connectivity index (χ4n) is 2.12. The Morgan fingerprint density at radius 2 is 1.89 bits per heavy atom. The van der Waals surface area contributed by atoms with Crippen molar-refractivity contribution >= 4 is 5.91 Å². The lowest BCUT2D eigenvalue weighted by Crippen LogP contribution is -2.26. The minimum Gasteiger partial charge on any atom is -0.388 e. The standard InChI is InChI=1S/C15H18N2O2/c1-10-9-11(2)17(16-10)15(19)12(3)14(18)13-7-5-4-6-8-13/h4-9,12,14,18H,1-3H3/t12-,14+/m0/s1. The van der Waals surface area contributed by atoms with E-state index >= 15 is 0 Å². The smallest absolute Gasteiger partial charge is 0.252 e. The third kappa shape index (κ3) is 2.74. The number of aromatic nitrogens is 2. The summed E-state index contributed by atoms with van der Waals surface area (Å²) in [6, 6.07) is 11.0. The lowest BCUT2D eigenvalue weighted by Gasteiger charge is -2.18. The zero-order valence-electron chi connectivity index (χ0n) is 11.4. The van der Waals surface area contributed by atoms with Crippen LogP contribution in [0.2, 0.25) is 0 Å². The second-order valence-electron chi connectivity index (χ2n) is 4.82. The summed E-state index contributed by atoms with van der Waals surface area (Å²) >= 11 is 0. The van der Waals surface area contributed by atoms with Gasteiger partial charge in [0.1, 0.15) is 0 Å². The Morgan fingerprint density at radius 1 is 1.26 bits per heavy atom. The van der Waals surface area contributed by atoms with Crippen molar-refractivity contribution in [2.24, 2.45) is 5.92 Å². The molecule has 1 heterocycles. The molecule has 100 valence electrons. The van der Waals surface area contributed by atoms with Crippen LogP contribution in [0.15, 0.2) is 36.4 Å². The quantitative estimate of drug-likeness (QED) is 0.920. The maximum absolute atomic E-state index is 12.3. The van der Waals surface area contributed by atoms with Crippen molar-refractivity contribution < 1.29 is 9.90 Å². The second-order valence-corrected chi connectivity index (χ2v) is 4.82. The zero-order valence-corrected chi connectivity index (χ0v) is 11.4. The fraction of sp³-hybridized carbons (Fsp3) is 0.333. The molecule has 0 amide bonds. The van der Waals surface area contributed by atoms with Gasteiger partial charge in [-0.3, -0.25) is 4.79 Å². The van der Waals surface area contributed by atoms with E-state index in [4.69, 9.17) is 0 Å². The number of aliphatic hydroxyl groups is 1. The van der Waals surface area contributed by atoms with Crippen molar-refractivity contribution in [1.29, 1.82) is 0 Å². The number of benzene rings is 1. The monoisotopic (exact) mass is 258 g/mol. The Bertz CT molecular complexity index is 575. The highest BCUT2D eigenvalue weighted by Gasteiger charge is 2.26. The molecule has 0 fully saturated rings. The van der Waals surface area contributed by atoms with Crippen molar-refractivity contribution in [3.05, 3.63) is 53.3 Å². The fourth-order valence-corrected chi connectivity index (χ4v) is 2.12. The molecule has 1 aromatic heterocycles. The average molecular weight is 258 g/mol. The Morgan fingerprint density at radius 3 is 2.42 bits per heavy atom. The van der Waals surface area contributed by atoms with Gasteiger partial charge in [-0.1, -0.05) is 37.3 Å². The van der Waals surface area contributed by atoms with E-state index in [1.165, 1.54) is 4.68 Å². The number of rotatable bonds is 3. The van der Waals surface area contributed by atoms with E-state index in [-0.39, 0.29) is 5.91 Å². The lowest BCUT2D eigenvalue weighted by atomic mass is 9.97. The van der Waals surface area contributed by atoms with E-state index in [2.05, 4.69) is 5.10 Å². The van der Waals surface area contributed by atoms with Crippen LogP contribution in [0, 0.1) is 19.8 Å². The average Bonchev–Trinajstić information content (AvgIpc) is 2.76. The molecular formula is C15H18N2O2. The van der Waals surface area contributed by atoms with Crippen molar-refractivity contribution in [2.45, 2.75) is 26.9 Å². The molecule has 19 heavy (non-hydrogen) atoms. The van der Waals surface area contributed by atoms with Crippen LogP contribution in [-0.2, 0) is 0 Å². The molecule has 2 rings (SSSR count). The van der Waals surface area contributed by atoms with Gasteiger partial charge in [0.05, 0.1) is 17.7 Å². The van der Waals surface area contributed by atoms with E-state index in [0.717, 1.165) is 17.0 Å². The van der Waals surface area contributed by atoms with Crippen LogP contribution < -0.4 is 0 Å². The van der Waals surface area contributed by atoms with E-state index in [1.54, 1.807) is 6.92 Å². The number of aliphatic hydroxyl groups excluding tert-OH is 1. The van der Waals surface area contributed by atoms with Gasteiger partial charge >= 0.3 is 0 Å². The van der Waals surface area contributed by atoms with Crippen LogP contribution in [0.3, 0.4) is 0 Å². The zero-order chi connectivity index (χ0) is 14.0. The topological polar surface area (TPSA) is 55.1 Å². The van der Waals surface area contributed by atoms with E-state index < -0.39 is 12.0 Å². The first-order valence-electron chi connectivity index (χ1n) is 6.31. The summed E-state index contributed by atoms with van der Waals surface area (Å²) in [6.07, 6.45) is -0.822. The molecule has 0 spiro atoms. The molecular weight excluding hydrogens is 240 g/mol. The van der Waals surface area contributed by atoms with Crippen molar-refractivity contribution in [2.75, 3.05) is 0 Å². The highest BCUT2D eigenvalue weighted by Crippen LogP contribution is 2.23. The lowest BCUT2D eigenvalue weighted by molar-refractivity contribution is 0.0610. The predicted octanol–water partition coefficient (Wildman–Crippen LogP) is 2.51. The van der Waals surface area contributed by atoms with Gasteiger partial charge in [-0.2, -0.15) is 5.10 Å². The number of hydrogen-bond acceptors (Lipinski definition) is 3. The van der Waals surface area contributed by atoms with Crippen LogP contribution in [0.5, 0.6) is 0 Å². The van der Waals surface area contributed by atoms with Crippen LogP contribution in [0.25, 0.3) is 0 Å². The number of hydrogen-bond donors (Lipinski definition) is 1. The van der Waals surface area contributed by atoms with Gasteiger partial charge < -0.3 is 5.11 Å². The molecule has 0 aliphatic rings. The summed E-state index contributed by atoms with van der Waals surface area (Å²) in [5.41, 5.74) is 2.33. The van der Waals surface area contributed by atoms with Crippen LogP contribution in [-0.4, -0.2) is 20.8 Å². The molecule has 1 N–H and O–H groups in total. The summed E-state index contributed by atoms with van der Waals surface area (Å²) in [5, 5.41) is 14.4. The molecule has 1 aromatic carbocycles. The van der Waals surface area contributed by atoms with Crippen molar-refractivity contribution in [3.8, 4) is 0 Å². The summed E-state index contributed by atoms with van der Waals surface area (Å²) in [5.74, 6) is -0.734. The summed E-state index contributed by atoms with van der Waals surface area (Å²) in [6.45, 7) is 5.39. The molecule has 0 aliphatic carbocycles. The molecule has 0 bridgehead atoms. The summed E-state index contributed by atoms with van der Waals surface area (Å²) in [7, 11) is 0. The highest BCUT2D eigenvalue weighted by molar-refractivity contribution is 5.81. The Labute approximate surface area is 112 Å². The predicted molar refractivity (Wildman–Crippen MR) is 72.9 cm³/mol. The molecule has 4 nitrogen and oxygen atoms in total. The van der Waals surface area contributed by atoms with Gasteiger partial charge in [0.2, 0.25) is 0 Å². The Kier molecular flexibility index (Phi) is 3.81. The van der Waals surface area contributed by atoms with Crippen LogP contribution in [0.4, 0.5) is 0 Å². The molecule has 0 radical (unpaired) electrons. The van der Waals surface area contributed by atoms with Crippen LogP contribution >= 0.6 is 0 Å².